The van der Waals surface area contributed by atoms with Crippen molar-refractivity contribution < 1.29 is 19.4 Å². The summed E-state index contributed by atoms with van der Waals surface area (Å²) in [6, 6.07) is -0.261. The lowest BCUT2D eigenvalue weighted by molar-refractivity contribution is -0.136. The van der Waals surface area contributed by atoms with Crippen LogP contribution in [0.5, 0.6) is 0 Å². The van der Waals surface area contributed by atoms with E-state index in [4.69, 9.17) is 9.47 Å². The van der Waals surface area contributed by atoms with Gasteiger partial charge in [-0.1, -0.05) is 0 Å². The molecular formula is C15H26N2O4. The van der Waals surface area contributed by atoms with Gasteiger partial charge >= 0.3 is 0 Å². The molecule has 120 valence electrons. The second kappa shape index (κ2) is 7.05. The van der Waals surface area contributed by atoms with Crippen LogP contribution in [0.4, 0.5) is 0 Å². The molecule has 3 aliphatic heterocycles. The summed E-state index contributed by atoms with van der Waals surface area (Å²) in [5.41, 5.74) is 0. The van der Waals surface area contributed by atoms with Crippen LogP contribution in [0.3, 0.4) is 0 Å². The van der Waals surface area contributed by atoms with E-state index in [0.29, 0.717) is 26.1 Å². The molecule has 0 radical (unpaired) electrons. The number of amides is 1. The molecule has 0 aromatic rings. The molecule has 0 spiro atoms. The van der Waals surface area contributed by atoms with Gasteiger partial charge in [0.05, 0.1) is 24.4 Å². The molecule has 0 bridgehead atoms. The van der Waals surface area contributed by atoms with Gasteiger partial charge in [-0.15, -0.1) is 0 Å². The van der Waals surface area contributed by atoms with Gasteiger partial charge in [0.15, 0.2) is 0 Å². The maximum Gasteiger partial charge on any atom is 0.239 e. The Kier molecular flexibility index (Phi) is 5.11. The van der Waals surface area contributed by atoms with Gasteiger partial charge in [-0.05, 0) is 32.1 Å². The number of nitrogens with zero attached hydrogens (tertiary/aromatic N) is 1. The Morgan fingerprint density at radius 1 is 1.14 bits per heavy atom. The van der Waals surface area contributed by atoms with E-state index in [-0.39, 0.29) is 24.2 Å². The maximum absolute atomic E-state index is 12.7. The summed E-state index contributed by atoms with van der Waals surface area (Å²) in [6.07, 6.45) is 4.60. The molecule has 0 aliphatic carbocycles. The van der Waals surface area contributed by atoms with Gasteiger partial charge in [0, 0.05) is 32.8 Å². The topological polar surface area (TPSA) is 71.0 Å². The van der Waals surface area contributed by atoms with Crippen LogP contribution in [0.25, 0.3) is 0 Å². The Balaban J connectivity index is 1.60. The molecule has 3 saturated heterocycles. The van der Waals surface area contributed by atoms with E-state index in [1.54, 1.807) is 0 Å². The van der Waals surface area contributed by atoms with Gasteiger partial charge in [-0.3, -0.25) is 4.79 Å². The smallest absolute Gasteiger partial charge is 0.239 e. The summed E-state index contributed by atoms with van der Waals surface area (Å²) in [4.78, 5) is 14.6. The van der Waals surface area contributed by atoms with Crippen molar-refractivity contribution in [3.05, 3.63) is 0 Å². The first kappa shape index (κ1) is 15.2. The third-order valence-corrected chi connectivity index (χ3v) is 4.61. The van der Waals surface area contributed by atoms with Crippen molar-refractivity contribution in [2.45, 2.75) is 56.5 Å². The SMILES string of the molecule is O=C(C1CC(O)CN1)N(CC1CCCO1)CC1CCCO1. The highest BCUT2D eigenvalue weighted by Crippen LogP contribution is 2.19. The Labute approximate surface area is 125 Å². The van der Waals surface area contributed by atoms with Crippen molar-refractivity contribution in [3.63, 3.8) is 0 Å². The summed E-state index contributed by atoms with van der Waals surface area (Å²) in [5.74, 6) is 0.0811. The fraction of sp³-hybridized carbons (Fsp3) is 0.933. The van der Waals surface area contributed by atoms with E-state index in [2.05, 4.69) is 5.32 Å². The van der Waals surface area contributed by atoms with Gasteiger partial charge in [0.1, 0.15) is 0 Å². The Bertz CT molecular complexity index is 336. The molecule has 4 atom stereocenters. The lowest BCUT2D eigenvalue weighted by atomic mass is 10.1. The van der Waals surface area contributed by atoms with Crippen LogP contribution in [0, 0.1) is 0 Å². The Morgan fingerprint density at radius 3 is 2.19 bits per heavy atom. The molecule has 6 heteroatoms. The standard InChI is InChI=1S/C15H26N2O4/c18-11-7-14(16-8-11)15(19)17(9-12-3-1-5-20-12)10-13-4-2-6-21-13/h11-14,16,18H,1-10H2. The van der Waals surface area contributed by atoms with E-state index in [0.717, 1.165) is 38.9 Å². The lowest BCUT2D eigenvalue weighted by Crippen LogP contribution is -2.49. The molecule has 3 fully saturated rings. The Morgan fingerprint density at radius 2 is 1.76 bits per heavy atom. The van der Waals surface area contributed by atoms with Gasteiger partial charge in [-0.25, -0.2) is 0 Å². The minimum atomic E-state index is -0.411. The quantitative estimate of drug-likeness (QED) is 0.741. The van der Waals surface area contributed by atoms with Crippen LogP contribution in [0.2, 0.25) is 0 Å². The first-order chi connectivity index (χ1) is 10.2. The number of carbonyl (C=O) groups excluding carboxylic acids is 1. The number of rotatable bonds is 5. The normalized spacial score (nSPS) is 36.2. The zero-order valence-electron chi connectivity index (χ0n) is 12.5. The fourth-order valence-corrected chi connectivity index (χ4v) is 3.45. The number of hydrogen-bond acceptors (Lipinski definition) is 5. The van der Waals surface area contributed by atoms with Crippen molar-refractivity contribution in [3.8, 4) is 0 Å². The van der Waals surface area contributed by atoms with E-state index in [9.17, 15) is 9.90 Å². The number of β-amino-alcohol motifs (C(OH)–C–C–N with tert-alkyl or cyclic N) is 1. The number of aliphatic hydroxyl groups excluding tert-OH is 1. The molecule has 3 heterocycles. The largest absolute Gasteiger partial charge is 0.392 e. The third kappa shape index (κ3) is 3.94. The first-order valence-corrected chi connectivity index (χ1v) is 8.16. The molecule has 3 aliphatic rings. The van der Waals surface area contributed by atoms with E-state index < -0.39 is 6.10 Å². The molecule has 2 N–H and O–H groups in total. The van der Waals surface area contributed by atoms with Crippen molar-refractivity contribution >= 4 is 5.91 Å². The number of carbonyl (C=O) groups is 1. The fourth-order valence-electron chi connectivity index (χ4n) is 3.45. The minimum Gasteiger partial charge on any atom is -0.392 e. The molecule has 6 nitrogen and oxygen atoms in total. The number of ether oxygens (including phenoxy) is 2. The predicted molar refractivity (Wildman–Crippen MR) is 76.9 cm³/mol. The summed E-state index contributed by atoms with van der Waals surface area (Å²) in [5, 5.41) is 12.7. The molecule has 0 aromatic heterocycles. The highest BCUT2D eigenvalue weighted by Gasteiger charge is 2.34. The first-order valence-electron chi connectivity index (χ1n) is 8.16. The number of nitrogens with one attached hydrogen (secondary N) is 1. The highest BCUT2D eigenvalue weighted by molar-refractivity contribution is 5.82. The Hall–Kier alpha value is -0.690. The van der Waals surface area contributed by atoms with E-state index in [1.165, 1.54) is 0 Å². The zero-order chi connectivity index (χ0) is 14.7. The minimum absolute atomic E-state index is 0.0811. The van der Waals surface area contributed by atoms with Crippen LogP contribution >= 0.6 is 0 Å². The summed E-state index contributed by atoms with van der Waals surface area (Å²) >= 11 is 0. The monoisotopic (exact) mass is 298 g/mol. The molecule has 0 saturated carbocycles. The lowest BCUT2D eigenvalue weighted by Gasteiger charge is -2.30. The van der Waals surface area contributed by atoms with Crippen molar-refractivity contribution in [1.82, 2.24) is 10.2 Å². The molecule has 3 rings (SSSR count). The average molecular weight is 298 g/mol. The van der Waals surface area contributed by atoms with Crippen LogP contribution in [-0.4, -0.2) is 73.1 Å². The molecule has 0 aromatic carbocycles. The second-order valence-electron chi connectivity index (χ2n) is 6.36. The summed E-state index contributed by atoms with van der Waals surface area (Å²) < 4.78 is 11.4. The van der Waals surface area contributed by atoms with Crippen LogP contribution in [-0.2, 0) is 14.3 Å². The van der Waals surface area contributed by atoms with Crippen molar-refractivity contribution in [2.75, 3.05) is 32.8 Å². The summed E-state index contributed by atoms with van der Waals surface area (Å²) in [6.45, 7) is 3.39. The number of aliphatic hydroxyl groups is 1. The molecule has 1 amide bonds. The molecule has 4 unspecified atom stereocenters. The van der Waals surface area contributed by atoms with Gasteiger partial charge < -0.3 is 24.8 Å². The van der Waals surface area contributed by atoms with E-state index in [1.807, 2.05) is 4.90 Å². The van der Waals surface area contributed by atoms with Crippen LogP contribution in [0.1, 0.15) is 32.1 Å². The predicted octanol–water partition coefficient (Wildman–Crippen LogP) is -0.104. The molecular weight excluding hydrogens is 272 g/mol. The zero-order valence-corrected chi connectivity index (χ0v) is 12.5. The summed E-state index contributed by atoms with van der Waals surface area (Å²) in [7, 11) is 0. The van der Waals surface area contributed by atoms with Crippen LogP contribution < -0.4 is 5.32 Å². The van der Waals surface area contributed by atoms with Crippen molar-refractivity contribution in [1.29, 1.82) is 0 Å². The molecule has 21 heavy (non-hydrogen) atoms. The van der Waals surface area contributed by atoms with Gasteiger partial charge in [0.25, 0.3) is 0 Å². The average Bonchev–Trinajstić information content (AvgIpc) is 3.19. The number of hydrogen-bond donors (Lipinski definition) is 2. The maximum atomic E-state index is 12.7. The van der Waals surface area contributed by atoms with Crippen molar-refractivity contribution in [2.24, 2.45) is 0 Å². The third-order valence-electron chi connectivity index (χ3n) is 4.61. The highest BCUT2D eigenvalue weighted by atomic mass is 16.5. The van der Waals surface area contributed by atoms with Crippen LogP contribution in [0.15, 0.2) is 0 Å². The van der Waals surface area contributed by atoms with Gasteiger partial charge in [-0.2, -0.15) is 0 Å². The van der Waals surface area contributed by atoms with E-state index >= 15 is 0 Å². The second-order valence-corrected chi connectivity index (χ2v) is 6.36. The van der Waals surface area contributed by atoms with Gasteiger partial charge in [0.2, 0.25) is 5.91 Å².